The molecule has 1 saturated heterocycles. The van der Waals surface area contributed by atoms with Crippen LogP contribution in [0.4, 0.5) is 0 Å². The second kappa shape index (κ2) is 6.50. The van der Waals surface area contributed by atoms with Gasteiger partial charge >= 0.3 is 0 Å². The van der Waals surface area contributed by atoms with Gasteiger partial charge in [-0.2, -0.15) is 0 Å². The zero-order valence-corrected chi connectivity index (χ0v) is 10.9. The van der Waals surface area contributed by atoms with Gasteiger partial charge in [-0.3, -0.25) is 9.78 Å². The van der Waals surface area contributed by atoms with E-state index in [9.17, 15) is 4.79 Å². The van der Waals surface area contributed by atoms with Crippen molar-refractivity contribution in [3.63, 3.8) is 0 Å². The molecule has 18 heavy (non-hydrogen) atoms. The van der Waals surface area contributed by atoms with Crippen LogP contribution in [-0.4, -0.2) is 42.0 Å². The quantitative estimate of drug-likeness (QED) is 0.873. The van der Waals surface area contributed by atoms with Crippen LogP contribution in [0.25, 0.3) is 0 Å². The molecule has 0 bridgehead atoms. The van der Waals surface area contributed by atoms with Crippen LogP contribution in [-0.2, 0) is 11.2 Å². The maximum Gasteiger partial charge on any atom is 0.228 e. The Hall–Kier alpha value is -1.42. The van der Waals surface area contributed by atoms with Crippen molar-refractivity contribution in [2.45, 2.75) is 31.7 Å². The molecule has 1 atom stereocenters. The second-order valence-electron chi connectivity index (χ2n) is 4.84. The third-order valence-electron chi connectivity index (χ3n) is 3.54. The summed E-state index contributed by atoms with van der Waals surface area (Å²) in [5.41, 5.74) is 0.848. The fourth-order valence-electron chi connectivity index (χ4n) is 2.37. The smallest absolute Gasteiger partial charge is 0.228 e. The number of carbonyl (C=O) groups is 1. The highest BCUT2D eigenvalue weighted by Crippen LogP contribution is 2.13. The van der Waals surface area contributed by atoms with E-state index in [1.807, 2.05) is 30.1 Å². The summed E-state index contributed by atoms with van der Waals surface area (Å²) < 4.78 is 0. The Morgan fingerprint density at radius 3 is 3.11 bits per heavy atom. The van der Waals surface area contributed by atoms with E-state index in [1.165, 1.54) is 0 Å². The number of nitrogens with one attached hydrogen (secondary N) is 1. The third-order valence-corrected chi connectivity index (χ3v) is 3.54. The van der Waals surface area contributed by atoms with Gasteiger partial charge in [0, 0.05) is 25.0 Å². The van der Waals surface area contributed by atoms with Gasteiger partial charge in [-0.15, -0.1) is 0 Å². The van der Waals surface area contributed by atoms with E-state index in [1.54, 1.807) is 6.20 Å². The van der Waals surface area contributed by atoms with E-state index >= 15 is 0 Å². The standard InChI is InChI=1S/C14H21N3O/c1-17(13-6-4-8-15-10-7-13)14(18)11-12-5-2-3-9-16-12/h2-3,5,9,13,15H,4,6-8,10-11H2,1H3. The van der Waals surface area contributed by atoms with Crippen molar-refractivity contribution in [1.29, 1.82) is 0 Å². The van der Waals surface area contributed by atoms with Crippen LogP contribution in [0.3, 0.4) is 0 Å². The van der Waals surface area contributed by atoms with Crippen molar-refractivity contribution >= 4 is 5.91 Å². The highest BCUT2D eigenvalue weighted by atomic mass is 16.2. The summed E-state index contributed by atoms with van der Waals surface area (Å²) in [6.45, 7) is 2.07. The first-order valence-electron chi connectivity index (χ1n) is 6.63. The number of nitrogens with zero attached hydrogens (tertiary/aromatic N) is 2. The van der Waals surface area contributed by atoms with Crippen molar-refractivity contribution in [2.24, 2.45) is 0 Å². The van der Waals surface area contributed by atoms with Crippen molar-refractivity contribution < 1.29 is 4.79 Å². The summed E-state index contributed by atoms with van der Waals surface area (Å²) in [7, 11) is 1.92. The van der Waals surface area contributed by atoms with E-state index < -0.39 is 0 Å². The molecule has 4 nitrogen and oxygen atoms in total. The maximum atomic E-state index is 12.2. The fourth-order valence-corrected chi connectivity index (χ4v) is 2.37. The number of carbonyl (C=O) groups excluding carboxylic acids is 1. The van der Waals surface area contributed by atoms with E-state index in [2.05, 4.69) is 10.3 Å². The van der Waals surface area contributed by atoms with Crippen LogP contribution in [0, 0.1) is 0 Å². The van der Waals surface area contributed by atoms with Crippen LogP contribution in [0.2, 0.25) is 0 Å². The van der Waals surface area contributed by atoms with Gasteiger partial charge in [0.2, 0.25) is 5.91 Å². The summed E-state index contributed by atoms with van der Waals surface area (Å²) in [5, 5.41) is 3.37. The average molecular weight is 247 g/mol. The molecule has 0 spiro atoms. The Bertz CT molecular complexity index is 372. The number of rotatable bonds is 3. The Morgan fingerprint density at radius 1 is 1.44 bits per heavy atom. The van der Waals surface area contributed by atoms with Crippen LogP contribution in [0.15, 0.2) is 24.4 Å². The first kappa shape index (κ1) is 13.0. The summed E-state index contributed by atoms with van der Waals surface area (Å²) in [4.78, 5) is 18.3. The second-order valence-corrected chi connectivity index (χ2v) is 4.84. The molecule has 0 radical (unpaired) electrons. The molecule has 2 rings (SSSR count). The lowest BCUT2D eigenvalue weighted by atomic mass is 10.1. The third kappa shape index (κ3) is 3.53. The lowest BCUT2D eigenvalue weighted by molar-refractivity contribution is -0.131. The molecule has 1 unspecified atom stereocenters. The molecule has 1 aromatic heterocycles. The minimum atomic E-state index is 0.167. The monoisotopic (exact) mass is 247 g/mol. The van der Waals surface area contributed by atoms with Gasteiger partial charge in [0.25, 0.3) is 0 Å². The number of aromatic nitrogens is 1. The van der Waals surface area contributed by atoms with Gasteiger partial charge in [-0.25, -0.2) is 0 Å². The van der Waals surface area contributed by atoms with Crippen molar-refractivity contribution in [1.82, 2.24) is 15.2 Å². The van der Waals surface area contributed by atoms with E-state index in [0.717, 1.165) is 38.0 Å². The first-order chi connectivity index (χ1) is 8.77. The molecule has 4 heteroatoms. The summed E-state index contributed by atoms with van der Waals surface area (Å²) in [5.74, 6) is 0.167. The predicted molar refractivity (Wildman–Crippen MR) is 71.2 cm³/mol. The number of pyridine rings is 1. The van der Waals surface area contributed by atoms with Gasteiger partial charge in [0.05, 0.1) is 6.42 Å². The summed E-state index contributed by atoms with van der Waals surface area (Å²) in [6, 6.07) is 6.07. The van der Waals surface area contributed by atoms with Crippen LogP contribution >= 0.6 is 0 Å². The molecule has 98 valence electrons. The van der Waals surface area contributed by atoms with Crippen molar-refractivity contribution in [3.8, 4) is 0 Å². The summed E-state index contributed by atoms with van der Waals surface area (Å²) >= 11 is 0. The van der Waals surface area contributed by atoms with E-state index in [0.29, 0.717) is 12.5 Å². The van der Waals surface area contributed by atoms with E-state index in [-0.39, 0.29) is 5.91 Å². The zero-order chi connectivity index (χ0) is 12.8. The maximum absolute atomic E-state index is 12.2. The number of likely N-dealkylation sites (N-methyl/N-ethyl adjacent to an activating group) is 1. The Labute approximate surface area is 108 Å². The van der Waals surface area contributed by atoms with Crippen LogP contribution in [0.5, 0.6) is 0 Å². The normalized spacial score (nSPS) is 20.2. The van der Waals surface area contributed by atoms with Crippen LogP contribution in [0.1, 0.15) is 25.0 Å². The van der Waals surface area contributed by atoms with E-state index in [4.69, 9.17) is 0 Å². The molecule has 1 N–H and O–H groups in total. The summed E-state index contributed by atoms with van der Waals surface area (Å²) in [6.07, 6.45) is 5.42. The fraction of sp³-hybridized carbons (Fsp3) is 0.571. The highest BCUT2D eigenvalue weighted by molar-refractivity contribution is 5.78. The molecule has 1 amide bonds. The lowest BCUT2D eigenvalue weighted by Gasteiger charge is -2.27. The lowest BCUT2D eigenvalue weighted by Crippen LogP contribution is -2.38. The molecule has 1 aliphatic heterocycles. The zero-order valence-electron chi connectivity index (χ0n) is 10.9. The molecule has 1 aromatic rings. The largest absolute Gasteiger partial charge is 0.342 e. The molecule has 0 saturated carbocycles. The SMILES string of the molecule is CN(C(=O)Cc1ccccn1)C1CCCNCC1. The Kier molecular flexibility index (Phi) is 4.70. The molecular weight excluding hydrogens is 226 g/mol. The van der Waals surface area contributed by atoms with Gasteiger partial charge in [-0.05, 0) is 44.5 Å². The molecule has 2 heterocycles. The number of hydrogen-bond acceptors (Lipinski definition) is 3. The molecule has 1 fully saturated rings. The Balaban J connectivity index is 1.91. The molecular formula is C14H21N3O. The van der Waals surface area contributed by atoms with Gasteiger partial charge in [0.1, 0.15) is 0 Å². The minimum absolute atomic E-state index is 0.167. The molecule has 0 aliphatic carbocycles. The first-order valence-corrected chi connectivity index (χ1v) is 6.63. The van der Waals surface area contributed by atoms with Gasteiger partial charge in [0.15, 0.2) is 0 Å². The van der Waals surface area contributed by atoms with Crippen molar-refractivity contribution in [3.05, 3.63) is 30.1 Å². The topological polar surface area (TPSA) is 45.2 Å². The number of amides is 1. The van der Waals surface area contributed by atoms with Gasteiger partial charge in [-0.1, -0.05) is 6.07 Å². The number of hydrogen-bond donors (Lipinski definition) is 1. The average Bonchev–Trinajstić information content (AvgIpc) is 2.68. The Morgan fingerprint density at radius 2 is 2.33 bits per heavy atom. The highest BCUT2D eigenvalue weighted by Gasteiger charge is 2.21. The molecule has 0 aromatic carbocycles. The van der Waals surface area contributed by atoms with Gasteiger partial charge < -0.3 is 10.2 Å². The molecule has 1 aliphatic rings. The predicted octanol–water partition coefficient (Wildman–Crippen LogP) is 1.22. The minimum Gasteiger partial charge on any atom is -0.342 e. The van der Waals surface area contributed by atoms with Crippen molar-refractivity contribution in [2.75, 3.05) is 20.1 Å². The van der Waals surface area contributed by atoms with Crippen LogP contribution < -0.4 is 5.32 Å².